The molecular formula is C20H16BrI2N3O4. The second-order valence-electron chi connectivity index (χ2n) is 6.28. The molecule has 3 aromatic rings. The van der Waals surface area contributed by atoms with Crippen molar-refractivity contribution in [3.05, 3.63) is 63.7 Å². The number of benzene rings is 2. The lowest BCUT2D eigenvalue weighted by Gasteiger charge is -2.15. The molecule has 0 amide bonds. The van der Waals surface area contributed by atoms with Crippen LogP contribution in [0.15, 0.2) is 44.7 Å². The topological polar surface area (TPSA) is 82.8 Å². The molecular weight excluding hydrogens is 680 g/mol. The zero-order valence-corrected chi connectivity index (χ0v) is 22.1. The van der Waals surface area contributed by atoms with Crippen LogP contribution in [0.2, 0.25) is 0 Å². The predicted molar refractivity (Wildman–Crippen MR) is 135 cm³/mol. The van der Waals surface area contributed by atoms with Gasteiger partial charge in [-0.3, -0.25) is 4.79 Å². The number of hydrogen-bond donors (Lipinski definition) is 0. The highest BCUT2D eigenvalue weighted by molar-refractivity contribution is 14.1. The highest BCUT2D eigenvalue weighted by atomic mass is 127. The minimum atomic E-state index is -0.722. The van der Waals surface area contributed by atoms with E-state index < -0.39 is 12.1 Å². The number of aromatic nitrogens is 2. The van der Waals surface area contributed by atoms with Crippen LogP contribution in [0.3, 0.4) is 0 Å². The third kappa shape index (κ3) is 5.02. The fourth-order valence-electron chi connectivity index (χ4n) is 2.68. The first kappa shape index (κ1) is 23.1. The van der Waals surface area contributed by atoms with Crippen LogP contribution in [0.1, 0.15) is 18.3 Å². The van der Waals surface area contributed by atoms with Crippen LogP contribution in [0.4, 0.5) is 0 Å². The smallest absolute Gasteiger partial charge is 0.346 e. The Morgan fingerprint density at radius 1 is 1.27 bits per heavy atom. The van der Waals surface area contributed by atoms with Gasteiger partial charge in [-0.2, -0.15) is 9.78 Å². The van der Waals surface area contributed by atoms with Crippen LogP contribution >= 0.6 is 61.1 Å². The molecule has 10 heteroatoms. The zero-order valence-electron chi connectivity index (χ0n) is 16.1. The molecule has 0 saturated heterocycles. The molecule has 1 atom stereocenters. The number of hydrogen-bond acceptors (Lipinski definition) is 6. The fraction of sp³-hybridized carbons (Fsp3) is 0.200. The van der Waals surface area contributed by atoms with Crippen molar-refractivity contribution < 1.29 is 14.3 Å². The monoisotopic (exact) mass is 695 g/mol. The summed E-state index contributed by atoms with van der Waals surface area (Å²) in [7, 11) is 1.32. The summed E-state index contributed by atoms with van der Waals surface area (Å²) in [5, 5.41) is 4.83. The molecule has 156 valence electrons. The Balaban J connectivity index is 1.95. The number of carbonyl (C=O) groups excluding carboxylic acids is 1. The summed E-state index contributed by atoms with van der Waals surface area (Å²) in [6.45, 7) is 3.37. The van der Waals surface area contributed by atoms with Gasteiger partial charge < -0.3 is 9.47 Å². The summed E-state index contributed by atoms with van der Waals surface area (Å²) in [6.07, 6.45) is 0.873. The normalized spacial score (nSPS) is 12.3. The summed E-state index contributed by atoms with van der Waals surface area (Å²) >= 11 is 7.65. The van der Waals surface area contributed by atoms with E-state index in [0.29, 0.717) is 22.5 Å². The van der Waals surface area contributed by atoms with E-state index in [1.807, 2.05) is 18.2 Å². The Hall–Kier alpha value is -1.54. The quantitative estimate of drug-likeness (QED) is 0.223. The lowest BCUT2D eigenvalue weighted by Crippen LogP contribution is -2.25. The number of nitrogens with zero attached hydrogens (tertiary/aromatic N) is 3. The van der Waals surface area contributed by atoms with Gasteiger partial charge >= 0.3 is 5.97 Å². The summed E-state index contributed by atoms with van der Waals surface area (Å²) in [5.74, 6) is 0.636. The summed E-state index contributed by atoms with van der Waals surface area (Å²) in [5.41, 5.74) is 1.16. The van der Waals surface area contributed by atoms with Gasteiger partial charge in [0, 0.05) is 4.47 Å². The number of halogens is 3. The van der Waals surface area contributed by atoms with E-state index in [9.17, 15) is 9.59 Å². The van der Waals surface area contributed by atoms with Crippen LogP contribution in [-0.4, -0.2) is 35.1 Å². The molecule has 1 heterocycles. The molecule has 0 unspecified atom stereocenters. The third-order valence-electron chi connectivity index (χ3n) is 4.14. The van der Waals surface area contributed by atoms with Crippen molar-refractivity contribution in [1.29, 1.82) is 0 Å². The lowest BCUT2D eigenvalue weighted by molar-refractivity contribution is -0.147. The van der Waals surface area contributed by atoms with Crippen LogP contribution in [0, 0.1) is 14.1 Å². The van der Waals surface area contributed by atoms with Crippen molar-refractivity contribution in [2.75, 3.05) is 7.11 Å². The average Bonchev–Trinajstić information content (AvgIpc) is 2.70. The van der Waals surface area contributed by atoms with E-state index in [0.717, 1.165) is 17.2 Å². The first-order valence-electron chi connectivity index (χ1n) is 8.68. The Labute approximate surface area is 208 Å². The van der Waals surface area contributed by atoms with E-state index in [1.54, 1.807) is 32.2 Å². The minimum absolute atomic E-state index is 0.244. The molecule has 7 nitrogen and oxygen atoms in total. The Bertz CT molecular complexity index is 1200. The number of aryl methyl sites for hydroxylation is 1. The Morgan fingerprint density at radius 3 is 2.57 bits per heavy atom. The lowest BCUT2D eigenvalue weighted by atomic mass is 10.2. The van der Waals surface area contributed by atoms with Gasteiger partial charge in [0.2, 0.25) is 0 Å². The molecule has 30 heavy (non-hydrogen) atoms. The summed E-state index contributed by atoms with van der Waals surface area (Å²) < 4.78 is 14.1. The summed E-state index contributed by atoms with van der Waals surface area (Å²) in [4.78, 5) is 28.9. The van der Waals surface area contributed by atoms with Crippen LogP contribution < -0.4 is 10.3 Å². The number of ether oxygens (including phenoxy) is 2. The van der Waals surface area contributed by atoms with Crippen molar-refractivity contribution in [3.63, 3.8) is 0 Å². The first-order chi connectivity index (χ1) is 14.2. The number of carbonyl (C=O) groups is 1. The van der Waals surface area contributed by atoms with Gasteiger partial charge in [0.1, 0.15) is 11.6 Å². The van der Waals surface area contributed by atoms with Crippen molar-refractivity contribution >= 4 is 84.2 Å². The van der Waals surface area contributed by atoms with Crippen molar-refractivity contribution in [2.45, 2.75) is 20.0 Å². The van der Waals surface area contributed by atoms with Gasteiger partial charge in [-0.25, -0.2) is 9.78 Å². The molecule has 0 radical (unpaired) electrons. The van der Waals surface area contributed by atoms with E-state index >= 15 is 0 Å². The number of rotatable bonds is 5. The molecule has 0 bridgehead atoms. The number of esters is 1. The fourth-order valence-corrected chi connectivity index (χ4v) is 5.11. The molecule has 0 aliphatic heterocycles. The minimum Gasteiger partial charge on any atom is -0.477 e. The van der Waals surface area contributed by atoms with E-state index in [1.165, 1.54) is 11.8 Å². The van der Waals surface area contributed by atoms with Crippen LogP contribution in [0.25, 0.3) is 10.9 Å². The third-order valence-corrected chi connectivity index (χ3v) is 6.24. The number of fused-ring (bicyclic) bond motifs is 1. The standard InChI is InChI=1S/C20H16BrI2N3O4/c1-10(20(28)29-3)30-18-15(22)6-12(7-16(18)23)9-24-26-11(2)25-17-5-4-13(21)8-14(17)19(26)27/h4-10H,1-3H3/t10-/m0/s1. The maximum Gasteiger partial charge on any atom is 0.346 e. The van der Waals surface area contributed by atoms with E-state index in [4.69, 9.17) is 9.47 Å². The van der Waals surface area contributed by atoms with Gasteiger partial charge in [-0.15, -0.1) is 0 Å². The van der Waals surface area contributed by atoms with E-state index in [2.05, 4.69) is 71.2 Å². The van der Waals surface area contributed by atoms with Gasteiger partial charge in [0.15, 0.2) is 6.10 Å². The Kier molecular flexibility index (Phi) is 7.50. The second-order valence-corrected chi connectivity index (χ2v) is 9.52. The molecule has 0 spiro atoms. The van der Waals surface area contributed by atoms with E-state index in [-0.39, 0.29) is 5.56 Å². The molecule has 0 saturated carbocycles. The van der Waals surface area contributed by atoms with Gasteiger partial charge in [-0.1, -0.05) is 15.9 Å². The maximum atomic E-state index is 12.8. The predicted octanol–water partition coefficient (Wildman–Crippen LogP) is 4.50. The van der Waals surface area contributed by atoms with Gasteiger partial charge in [0.25, 0.3) is 5.56 Å². The molecule has 2 aromatic carbocycles. The van der Waals surface area contributed by atoms with Crippen molar-refractivity contribution in [1.82, 2.24) is 9.66 Å². The molecule has 3 rings (SSSR count). The van der Waals surface area contributed by atoms with Crippen molar-refractivity contribution in [3.8, 4) is 5.75 Å². The molecule has 0 aliphatic rings. The SMILES string of the molecule is COC(=O)[C@H](C)Oc1c(I)cc(C=Nn2c(C)nc3ccc(Br)cc3c2=O)cc1I. The van der Waals surface area contributed by atoms with Gasteiger partial charge in [0.05, 0.1) is 31.4 Å². The van der Waals surface area contributed by atoms with Crippen molar-refractivity contribution in [2.24, 2.45) is 5.10 Å². The van der Waals surface area contributed by atoms with Gasteiger partial charge in [-0.05, 0) is 94.9 Å². The van der Waals surface area contributed by atoms with Crippen LogP contribution in [-0.2, 0) is 9.53 Å². The summed E-state index contributed by atoms with van der Waals surface area (Å²) in [6, 6.07) is 9.08. The molecule has 0 N–H and O–H groups in total. The molecule has 1 aromatic heterocycles. The zero-order chi connectivity index (χ0) is 22.0. The Morgan fingerprint density at radius 2 is 1.93 bits per heavy atom. The average molecular weight is 696 g/mol. The second kappa shape index (κ2) is 9.73. The van der Waals surface area contributed by atoms with Crippen LogP contribution in [0.5, 0.6) is 5.75 Å². The highest BCUT2D eigenvalue weighted by Crippen LogP contribution is 2.29. The first-order valence-corrected chi connectivity index (χ1v) is 11.6. The molecule has 0 aliphatic carbocycles. The highest BCUT2D eigenvalue weighted by Gasteiger charge is 2.18. The largest absolute Gasteiger partial charge is 0.477 e. The number of methoxy groups -OCH3 is 1. The maximum absolute atomic E-state index is 12.8. The molecule has 0 fully saturated rings.